The van der Waals surface area contributed by atoms with Crippen molar-refractivity contribution in [2.24, 2.45) is 0 Å². The van der Waals surface area contributed by atoms with Crippen LogP contribution < -0.4 is 10.3 Å². The molecule has 0 radical (unpaired) electrons. The summed E-state index contributed by atoms with van der Waals surface area (Å²) in [5, 5.41) is 15.7. The summed E-state index contributed by atoms with van der Waals surface area (Å²) >= 11 is 0. The number of fused-ring (bicyclic) bond motifs is 1. The second-order valence-corrected chi connectivity index (χ2v) is 6.41. The lowest BCUT2D eigenvalue weighted by Crippen LogP contribution is -2.21. The summed E-state index contributed by atoms with van der Waals surface area (Å²) in [6.07, 6.45) is 3.38. The first-order valence-electron chi connectivity index (χ1n) is 8.82. The van der Waals surface area contributed by atoms with Crippen molar-refractivity contribution < 1.29 is 14.5 Å². The molecule has 0 aliphatic carbocycles. The second kappa shape index (κ2) is 7.59. The third-order valence-corrected chi connectivity index (χ3v) is 4.64. The molecule has 4 aromatic rings. The fourth-order valence-corrected chi connectivity index (χ4v) is 3.21. The van der Waals surface area contributed by atoms with Gasteiger partial charge in [-0.2, -0.15) is 5.10 Å². The molecule has 0 amide bonds. The molecule has 2 aromatic heterocycles. The Labute approximate surface area is 169 Å². The van der Waals surface area contributed by atoms with Gasteiger partial charge < -0.3 is 4.74 Å². The van der Waals surface area contributed by atoms with Crippen molar-refractivity contribution >= 4 is 23.0 Å². The molecule has 30 heavy (non-hydrogen) atoms. The predicted molar refractivity (Wildman–Crippen MR) is 107 cm³/mol. The molecule has 10 nitrogen and oxygen atoms in total. The average molecular weight is 405 g/mol. The molecule has 0 fully saturated rings. The molecule has 0 spiro atoms. The van der Waals surface area contributed by atoms with E-state index in [4.69, 9.17) is 4.74 Å². The number of nitrogens with zero attached hydrogens (tertiary/aromatic N) is 5. The van der Waals surface area contributed by atoms with Crippen LogP contribution in [0.15, 0.2) is 59.8 Å². The van der Waals surface area contributed by atoms with Gasteiger partial charge in [0.05, 0.1) is 24.8 Å². The highest BCUT2D eigenvalue weighted by atomic mass is 16.6. The summed E-state index contributed by atoms with van der Waals surface area (Å²) in [7, 11) is 1.50. The number of methoxy groups -OCH3 is 1. The van der Waals surface area contributed by atoms with E-state index in [-0.39, 0.29) is 34.5 Å². The molecule has 0 atom stereocenters. The van der Waals surface area contributed by atoms with Gasteiger partial charge >= 0.3 is 0 Å². The van der Waals surface area contributed by atoms with Crippen molar-refractivity contribution in [1.29, 1.82) is 0 Å². The summed E-state index contributed by atoms with van der Waals surface area (Å²) in [5.41, 5.74) is 0.988. The number of para-hydroxylation sites is 2. The number of nitro benzene ring substituents is 1. The molecule has 0 saturated carbocycles. The van der Waals surface area contributed by atoms with Gasteiger partial charge in [0, 0.05) is 17.2 Å². The van der Waals surface area contributed by atoms with Crippen LogP contribution in [0.2, 0.25) is 0 Å². The molecule has 2 aromatic carbocycles. The number of benzene rings is 2. The highest BCUT2D eigenvalue weighted by molar-refractivity contribution is 5.77. The van der Waals surface area contributed by atoms with Crippen LogP contribution in [-0.4, -0.2) is 37.7 Å². The minimum atomic E-state index is -0.517. The lowest BCUT2D eigenvalue weighted by Gasteiger charge is -2.11. The molecule has 0 N–H and O–H groups in total. The normalized spacial score (nSPS) is 10.8. The number of rotatable bonds is 6. The quantitative estimate of drug-likeness (QED) is 0.274. The zero-order valence-electron chi connectivity index (χ0n) is 15.8. The first kappa shape index (κ1) is 19.0. The van der Waals surface area contributed by atoms with Gasteiger partial charge in [-0.15, -0.1) is 0 Å². The van der Waals surface area contributed by atoms with Gasteiger partial charge in [0.25, 0.3) is 11.2 Å². The molecular formula is C20H15N5O5. The average Bonchev–Trinajstić information content (AvgIpc) is 3.20. The van der Waals surface area contributed by atoms with Crippen LogP contribution in [0.4, 0.5) is 5.69 Å². The Morgan fingerprint density at radius 2 is 2.03 bits per heavy atom. The van der Waals surface area contributed by atoms with Gasteiger partial charge in [0.15, 0.2) is 5.65 Å². The highest BCUT2D eigenvalue weighted by Gasteiger charge is 2.19. The molecule has 0 aliphatic rings. The van der Waals surface area contributed by atoms with E-state index < -0.39 is 4.92 Å². The molecule has 0 unspecified atom stereocenters. The zero-order chi connectivity index (χ0) is 21.3. The minimum Gasteiger partial charge on any atom is -0.496 e. The van der Waals surface area contributed by atoms with Crippen LogP contribution in [0.1, 0.15) is 15.9 Å². The zero-order valence-corrected chi connectivity index (χ0v) is 15.8. The van der Waals surface area contributed by atoms with Crippen LogP contribution >= 0.6 is 0 Å². The van der Waals surface area contributed by atoms with Crippen LogP contribution in [-0.2, 0) is 6.54 Å². The fraction of sp³-hybridized carbons (Fsp3) is 0.100. The van der Waals surface area contributed by atoms with Crippen molar-refractivity contribution in [3.63, 3.8) is 0 Å². The Bertz CT molecular complexity index is 1340. The number of hydrogen-bond acceptors (Lipinski definition) is 7. The predicted octanol–water partition coefficient (Wildman–Crippen LogP) is 2.36. The summed E-state index contributed by atoms with van der Waals surface area (Å²) in [4.78, 5) is 39.2. The third kappa shape index (κ3) is 3.20. The van der Waals surface area contributed by atoms with E-state index in [9.17, 15) is 19.7 Å². The molecule has 10 heteroatoms. The van der Waals surface area contributed by atoms with Gasteiger partial charge in [0.2, 0.25) is 0 Å². The monoisotopic (exact) mass is 405 g/mol. The molecule has 0 bridgehead atoms. The SMILES string of the molecule is COc1ccc(C=O)cc1Cn1cnc2c(cnn2-c2ccccc2[N+](=O)[O-])c1=O. The van der Waals surface area contributed by atoms with E-state index >= 15 is 0 Å². The molecule has 0 saturated heterocycles. The van der Waals surface area contributed by atoms with Crippen molar-refractivity contribution in [3.05, 3.63) is 86.6 Å². The van der Waals surface area contributed by atoms with Gasteiger partial charge in [-0.25, -0.2) is 9.67 Å². The van der Waals surface area contributed by atoms with Gasteiger partial charge in [-0.05, 0) is 24.3 Å². The second-order valence-electron chi connectivity index (χ2n) is 6.41. The maximum Gasteiger partial charge on any atom is 0.294 e. The summed E-state index contributed by atoms with van der Waals surface area (Å²) in [5.74, 6) is 0.531. The van der Waals surface area contributed by atoms with Crippen molar-refractivity contribution in [1.82, 2.24) is 19.3 Å². The molecule has 0 aliphatic heterocycles. The molecular weight excluding hydrogens is 390 g/mol. The van der Waals surface area contributed by atoms with Gasteiger partial charge in [0.1, 0.15) is 29.4 Å². The van der Waals surface area contributed by atoms with Gasteiger partial charge in [-0.3, -0.25) is 24.3 Å². The van der Waals surface area contributed by atoms with Crippen LogP contribution in [0, 0.1) is 10.1 Å². The Morgan fingerprint density at radius 3 is 2.77 bits per heavy atom. The van der Waals surface area contributed by atoms with E-state index in [1.165, 1.54) is 41.0 Å². The fourth-order valence-electron chi connectivity index (χ4n) is 3.21. The Balaban J connectivity index is 1.81. The van der Waals surface area contributed by atoms with Crippen LogP contribution in [0.3, 0.4) is 0 Å². The van der Waals surface area contributed by atoms with Crippen molar-refractivity contribution in [2.75, 3.05) is 7.11 Å². The number of carbonyl (C=O) groups is 1. The molecule has 150 valence electrons. The summed E-state index contributed by atoms with van der Waals surface area (Å²) in [6, 6.07) is 11.0. The number of ether oxygens (including phenoxy) is 1. The van der Waals surface area contributed by atoms with Crippen LogP contribution in [0.5, 0.6) is 5.75 Å². The lowest BCUT2D eigenvalue weighted by molar-refractivity contribution is -0.384. The standard InChI is InChI=1S/C20H15N5O5/c1-30-18-7-6-13(11-26)8-14(18)10-23-12-21-19-15(20(23)27)9-22-24(19)16-4-2-3-5-17(16)25(28)29/h2-9,11-12H,10H2,1H3. The van der Waals surface area contributed by atoms with E-state index in [0.29, 0.717) is 23.2 Å². The van der Waals surface area contributed by atoms with E-state index in [1.54, 1.807) is 30.3 Å². The minimum absolute atomic E-state index is 0.128. The Kier molecular flexibility index (Phi) is 4.80. The first-order chi connectivity index (χ1) is 14.5. The van der Waals surface area contributed by atoms with E-state index in [0.717, 1.165) is 0 Å². The largest absolute Gasteiger partial charge is 0.496 e. The number of carbonyl (C=O) groups excluding carboxylic acids is 1. The molecule has 2 heterocycles. The van der Waals surface area contributed by atoms with Crippen molar-refractivity contribution in [3.8, 4) is 11.4 Å². The Morgan fingerprint density at radius 1 is 1.23 bits per heavy atom. The van der Waals surface area contributed by atoms with Gasteiger partial charge in [-0.1, -0.05) is 12.1 Å². The Hall–Kier alpha value is -4.34. The maximum atomic E-state index is 13.0. The third-order valence-electron chi connectivity index (χ3n) is 4.64. The summed E-state index contributed by atoms with van der Waals surface area (Å²) in [6.45, 7) is 0.128. The van der Waals surface area contributed by atoms with Crippen molar-refractivity contribution in [2.45, 2.75) is 6.54 Å². The van der Waals surface area contributed by atoms with E-state index in [2.05, 4.69) is 10.1 Å². The van der Waals surface area contributed by atoms with E-state index in [1.807, 2.05) is 0 Å². The first-order valence-corrected chi connectivity index (χ1v) is 8.82. The summed E-state index contributed by atoms with van der Waals surface area (Å²) < 4.78 is 7.94. The van der Waals surface area contributed by atoms with Crippen LogP contribution in [0.25, 0.3) is 16.7 Å². The number of nitro groups is 1. The highest BCUT2D eigenvalue weighted by Crippen LogP contribution is 2.24. The topological polar surface area (TPSA) is 122 Å². The molecule has 4 rings (SSSR count). The lowest BCUT2D eigenvalue weighted by atomic mass is 10.1. The smallest absolute Gasteiger partial charge is 0.294 e. The number of hydrogen-bond donors (Lipinski definition) is 0. The maximum absolute atomic E-state index is 13.0. The number of aromatic nitrogens is 4. The number of aldehydes is 1.